The molecular formula is C29H44N4O5. The summed E-state index contributed by atoms with van der Waals surface area (Å²) in [4.78, 5) is 53.3. The van der Waals surface area contributed by atoms with Gasteiger partial charge in [-0.25, -0.2) is 4.79 Å². The predicted octanol–water partition coefficient (Wildman–Crippen LogP) is 3.91. The van der Waals surface area contributed by atoms with Gasteiger partial charge in [0.15, 0.2) is 0 Å². The SMILES string of the molecule is C=CCN(C(=O)C(CCC(N)=O)NC(=O)OC(C)(C)C)C(C(=O)NC1CCCCC1)c1ccc(CC)cc1. The summed E-state index contributed by atoms with van der Waals surface area (Å²) >= 11 is 0. The summed E-state index contributed by atoms with van der Waals surface area (Å²) in [5.41, 5.74) is 6.32. The smallest absolute Gasteiger partial charge is 0.408 e. The number of hydrogen-bond donors (Lipinski definition) is 3. The van der Waals surface area contributed by atoms with Crippen LogP contribution in [-0.4, -0.2) is 52.9 Å². The lowest BCUT2D eigenvalue weighted by Crippen LogP contribution is -2.54. The van der Waals surface area contributed by atoms with Gasteiger partial charge in [-0.15, -0.1) is 6.58 Å². The molecular weight excluding hydrogens is 484 g/mol. The summed E-state index contributed by atoms with van der Waals surface area (Å²) in [7, 11) is 0. The summed E-state index contributed by atoms with van der Waals surface area (Å²) in [5.74, 6) is -1.42. The first-order valence-electron chi connectivity index (χ1n) is 13.5. The van der Waals surface area contributed by atoms with E-state index in [9.17, 15) is 19.2 Å². The number of amides is 4. The highest BCUT2D eigenvalue weighted by Crippen LogP contribution is 2.26. The monoisotopic (exact) mass is 528 g/mol. The van der Waals surface area contributed by atoms with E-state index < -0.39 is 35.6 Å². The fraction of sp³-hybridized carbons (Fsp3) is 0.586. The third-order valence-corrected chi connectivity index (χ3v) is 6.49. The molecule has 4 N–H and O–H groups in total. The quantitative estimate of drug-likeness (QED) is 0.354. The Kier molecular flexibility index (Phi) is 11.8. The second-order valence-electron chi connectivity index (χ2n) is 10.8. The van der Waals surface area contributed by atoms with Gasteiger partial charge in [-0.3, -0.25) is 14.4 Å². The molecule has 9 heteroatoms. The molecule has 2 unspecified atom stereocenters. The normalized spacial score (nSPS) is 15.6. The molecule has 4 amide bonds. The van der Waals surface area contributed by atoms with E-state index in [2.05, 4.69) is 17.2 Å². The zero-order chi connectivity index (χ0) is 28.3. The number of benzene rings is 1. The van der Waals surface area contributed by atoms with Crippen LogP contribution in [0.3, 0.4) is 0 Å². The van der Waals surface area contributed by atoms with Crippen molar-refractivity contribution in [3.05, 3.63) is 48.0 Å². The Labute approximate surface area is 226 Å². The van der Waals surface area contributed by atoms with Crippen LogP contribution >= 0.6 is 0 Å². The highest BCUT2D eigenvalue weighted by Gasteiger charge is 2.36. The Bertz CT molecular complexity index is 964. The van der Waals surface area contributed by atoms with Crippen molar-refractivity contribution in [2.75, 3.05) is 6.54 Å². The van der Waals surface area contributed by atoms with Gasteiger partial charge in [0, 0.05) is 19.0 Å². The lowest BCUT2D eigenvalue weighted by Gasteiger charge is -2.35. The van der Waals surface area contributed by atoms with Crippen molar-refractivity contribution in [1.29, 1.82) is 0 Å². The summed E-state index contributed by atoms with van der Waals surface area (Å²) < 4.78 is 5.35. The fourth-order valence-corrected chi connectivity index (χ4v) is 4.59. The van der Waals surface area contributed by atoms with Gasteiger partial charge in [-0.05, 0) is 57.6 Å². The molecule has 38 heavy (non-hydrogen) atoms. The van der Waals surface area contributed by atoms with E-state index >= 15 is 0 Å². The molecule has 0 bridgehead atoms. The van der Waals surface area contributed by atoms with E-state index in [1.165, 1.54) is 11.0 Å². The van der Waals surface area contributed by atoms with Crippen molar-refractivity contribution >= 4 is 23.8 Å². The van der Waals surface area contributed by atoms with Crippen LogP contribution in [0.2, 0.25) is 0 Å². The number of nitrogens with two attached hydrogens (primary N) is 1. The molecule has 0 saturated heterocycles. The molecule has 2 rings (SSSR count). The summed E-state index contributed by atoms with van der Waals surface area (Å²) in [6.07, 6.45) is 6.44. The Morgan fingerprint density at radius 1 is 1.13 bits per heavy atom. The topological polar surface area (TPSA) is 131 Å². The number of carbonyl (C=O) groups excluding carboxylic acids is 4. The molecule has 1 aromatic rings. The third kappa shape index (κ3) is 9.84. The largest absolute Gasteiger partial charge is 0.444 e. The van der Waals surface area contributed by atoms with Gasteiger partial charge >= 0.3 is 6.09 Å². The van der Waals surface area contributed by atoms with Crippen molar-refractivity contribution in [3.8, 4) is 0 Å². The van der Waals surface area contributed by atoms with Crippen LogP contribution < -0.4 is 16.4 Å². The lowest BCUT2D eigenvalue weighted by molar-refractivity contribution is -0.142. The molecule has 0 aliphatic heterocycles. The first kappa shape index (κ1) is 30.9. The van der Waals surface area contributed by atoms with Crippen LogP contribution in [0.25, 0.3) is 0 Å². The van der Waals surface area contributed by atoms with Crippen LogP contribution in [-0.2, 0) is 25.5 Å². The molecule has 210 valence electrons. The fourth-order valence-electron chi connectivity index (χ4n) is 4.59. The van der Waals surface area contributed by atoms with Crippen molar-refractivity contribution in [2.24, 2.45) is 5.73 Å². The number of hydrogen-bond acceptors (Lipinski definition) is 5. The number of nitrogens with one attached hydrogen (secondary N) is 2. The van der Waals surface area contributed by atoms with Crippen LogP contribution in [0.1, 0.15) is 89.8 Å². The lowest BCUT2D eigenvalue weighted by atomic mass is 9.94. The average molecular weight is 529 g/mol. The Balaban J connectivity index is 2.44. The molecule has 1 fully saturated rings. The minimum atomic E-state index is -1.13. The minimum Gasteiger partial charge on any atom is -0.444 e. The highest BCUT2D eigenvalue weighted by molar-refractivity contribution is 5.92. The molecule has 1 aliphatic carbocycles. The van der Waals surface area contributed by atoms with Crippen LogP contribution in [0.15, 0.2) is 36.9 Å². The van der Waals surface area contributed by atoms with E-state index in [-0.39, 0.29) is 31.3 Å². The summed E-state index contributed by atoms with van der Waals surface area (Å²) in [5, 5.41) is 5.73. The molecule has 9 nitrogen and oxygen atoms in total. The maximum absolute atomic E-state index is 14.0. The standard InChI is InChI=1S/C29H44N4O5/c1-6-19-33(27(36)23(17-18-24(30)34)32-28(37)38-29(3,4)5)25(21-15-13-20(7-2)14-16-21)26(35)31-22-11-9-8-10-12-22/h6,13-16,22-23,25H,1,7-12,17-19H2,2-5H3,(H2,30,34)(H,31,35)(H,32,37). The average Bonchev–Trinajstić information content (AvgIpc) is 2.85. The van der Waals surface area contributed by atoms with Crippen LogP contribution in [0.4, 0.5) is 4.79 Å². The Morgan fingerprint density at radius 3 is 2.29 bits per heavy atom. The molecule has 0 aromatic heterocycles. The van der Waals surface area contributed by atoms with E-state index in [1.54, 1.807) is 20.8 Å². The first-order valence-corrected chi connectivity index (χ1v) is 13.5. The van der Waals surface area contributed by atoms with Gasteiger partial charge in [-0.1, -0.05) is 56.5 Å². The van der Waals surface area contributed by atoms with Gasteiger partial charge in [0.2, 0.25) is 17.7 Å². The molecule has 0 spiro atoms. The molecule has 2 atom stereocenters. The second-order valence-corrected chi connectivity index (χ2v) is 10.8. The van der Waals surface area contributed by atoms with E-state index in [4.69, 9.17) is 10.5 Å². The number of primary amides is 1. The Morgan fingerprint density at radius 2 is 1.76 bits per heavy atom. The summed E-state index contributed by atoms with van der Waals surface area (Å²) in [6, 6.07) is 5.55. The summed E-state index contributed by atoms with van der Waals surface area (Å²) in [6.45, 7) is 11.0. The number of rotatable bonds is 12. The van der Waals surface area contributed by atoms with E-state index in [0.717, 1.165) is 44.1 Å². The first-order chi connectivity index (χ1) is 17.9. The van der Waals surface area contributed by atoms with Crippen molar-refractivity contribution in [2.45, 2.75) is 103 Å². The zero-order valence-corrected chi connectivity index (χ0v) is 23.3. The highest BCUT2D eigenvalue weighted by atomic mass is 16.6. The van der Waals surface area contributed by atoms with Crippen LogP contribution in [0, 0.1) is 0 Å². The van der Waals surface area contributed by atoms with Gasteiger partial charge in [0.25, 0.3) is 0 Å². The van der Waals surface area contributed by atoms with Crippen molar-refractivity contribution in [1.82, 2.24) is 15.5 Å². The van der Waals surface area contributed by atoms with Gasteiger partial charge < -0.3 is 26.0 Å². The second kappa shape index (κ2) is 14.5. The molecule has 1 saturated carbocycles. The molecule has 0 radical (unpaired) electrons. The molecule has 1 aromatic carbocycles. The minimum absolute atomic E-state index is 0.0349. The van der Waals surface area contributed by atoms with Gasteiger partial charge in [-0.2, -0.15) is 0 Å². The number of ether oxygens (including phenoxy) is 1. The number of alkyl carbamates (subject to hydrolysis) is 1. The van der Waals surface area contributed by atoms with Crippen molar-refractivity contribution in [3.63, 3.8) is 0 Å². The van der Waals surface area contributed by atoms with Crippen LogP contribution in [0.5, 0.6) is 0 Å². The van der Waals surface area contributed by atoms with E-state index in [0.29, 0.717) is 5.56 Å². The third-order valence-electron chi connectivity index (χ3n) is 6.49. The zero-order valence-electron chi connectivity index (χ0n) is 23.3. The maximum Gasteiger partial charge on any atom is 0.408 e. The number of nitrogens with zero attached hydrogens (tertiary/aromatic N) is 1. The van der Waals surface area contributed by atoms with Gasteiger partial charge in [0.1, 0.15) is 17.7 Å². The molecule has 1 aliphatic rings. The maximum atomic E-state index is 14.0. The molecule has 0 heterocycles. The predicted molar refractivity (Wildman–Crippen MR) is 147 cm³/mol. The number of aryl methyl sites for hydroxylation is 1. The van der Waals surface area contributed by atoms with Crippen molar-refractivity contribution < 1.29 is 23.9 Å². The Hall–Kier alpha value is -3.36. The van der Waals surface area contributed by atoms with Gasteiger partial charge in [0.05, 0.1) is 0 Å². The number of carbonyl (C=O) groups is 4. The van der Waals surface area contributed by atoms with E-state index in [1.807, 2.05) is 31.2 Å².